The van der Waals surface area contributed by atoms with E-state index in [1.165, 1.54) is 5.56 Å². The Labute approximate surface area is 164 Å². The monoisotopic (exact) mass is 367 g/mol. The summed E-state index contributed by atoms with van der Waals surface area (Å²) in [6.07, 6.45) is 4.42. The molecule has 4 heteroatoms. The van der Waals surface area contributed by atoms with Crippen LogP contribution in [0.3, 0.4) is 0 Å². The predicted molar refractivity (Wildman–Crippen MR) is 112 cm³/mol. The van der Waals surface area contributed by atoms with Crippen LogP contribution in [0.15, 0.2) is 103 Å². The van der Waals surface area contributed by atoms with E-state index in [0.29, 0.717) is 12.1 Å². The SMILES string of the molecule is O=C(c1ccc(-n2cccn2)cc1)N(CCc1ccccc1)c1ccccc1. The van der Waals surface area contributed by atoms with E-state index >= 15 is 0 Å². The number of nitrogens with zero attached hydrogens (tertiary/aromatic N) is 3. The first kappa shape index (κ1) is 17.7. The van der Waals surface area contributed by atoms with Gasteiger partial charge < -0.3 is 4.90 Å². The van der Waals surface area contributed by atoms with Gasteiger partial charge in [0.1, 0.15) is 0 Å². The normalized spacial score (nSPS) is 10.6. The smallest absolute Gasteiger partial charge is 0.258 e. The van der Waals surface area contributed by atoms with Crippen molar-refractivity contribution in [2.45, 2.75) is 6.42 Å². The standard InChI is InChI=1S/C24H21N3O/c28-24(21-12-14-23(15-13-21)27-18-7-17-25-27)26(22-10-5-2-6-11-22)19-16-20-8-3-1-4-9-20/h1-15,17-18H,16,19H2. The van der Waals surface area contributed by atoms with E-state index in [-0.39, 0.29) is 5.91 Å². The van der Waals surface area contributed by atoms with Gasteiger partial charge in [0, 0.05) is 30.2 Å². The molecule has 0 saturated heterocycles. The second kappa shape index (κ2) is 8.35. The molecule has 0 spiro atoms. The minimum absolute atomic E-state index is 0.00542. The number of hydrogen-bond donors (Lipinski definition) is 0. The summed E-state index contributed by atoms with van der Waals surface area (Å²) in [4.78, 5) is 15.1. The topological polar surface area (TPSA) is 38.1 Å². The van der Waals surface area contributed by atoms with Gasteiger partial charge in [-0.1, -0.05) is 48.5 Å². The van der Waals surface area contributed by atoms with E-state index in [9.17, 15) is 4.79 Å². The lowest BCUT2D eigenvalue weighted by atomic mass is 10.1. The summed E-state index contributed by atoms with van der Waals surface area (Å²) < 4.78 is 1.78. The molecule has 0 aliphatic rings. The first-order valence-corrected chi connectivity index (χ1v) is 9.32. The van der Waals surface area contributed by atoms with Gasteiger partial charge in [0.25, 0.3) is 5.91 Å². The molecule has 0 N–H and O–H groups in total. The van der Waals surface area contributed by atoms with Gasteiger partial charge in [-0.05, 0) is 54.4 Å². The largest absolute Gasteiger partial charge is 0.308 e. The van der Waals surface area contributed by atoms with Gasteiger partial charge in [0.15, 0.2) is 0 Å². The second-order valence-electron chi connectivity index (χ2n) is 6.53. The van der Waals surface area contributed by atoms with Crippen LogP contribution in [0.5, 0.6) is 0 Å². The first-order chi connectivity index (χ1) is 13.8. The number of amides is 1. The molecule has 4 rings (SSSR count). The zero-order valence-corrected chi connectivity index (χ0v) is 15.5. The van der Waals surface area contributed by atoms with Crippen molar-refractivity contribution in [1.82, 2.24) is 9.78 Å². The Hall–Kier alpha value is -3.66. The molecule has 4 aromatic rings. The first-order valence-electron chi connectivity index (χ1n) is 9.32. The molecule has 0 bridgehead atoms. The van der Waals surface area contributed by atoms with Gasteiger partial charge in [0.05, 0.1) is 5.69 Å². The highest BCUT2D eigenvalue weighted by Crippen LogP contribution is 2.19. The Kier molecular flexibility index (Phi) is 5.29. The molecule has 0 fully saturated rings. The minimum atomic E-state index is -0.00542. The van der Waals surface area contributed by atoms with Crippen LogP contribution in [-0.2, 0) is 6.42 Å². The van der Waals surface area contributed by atoms with Crippen LogP contribution < -0.4 is 4.90 Å². The zero-order chi connectivity index (χ0) is 19.2. The lowest BCUT2D eigenvalue weighted by Gasteiger charge is -2.23. The highest BCUT2D eigenvalue weighted by molar-refractivity contribution is 6.06. The van der Waals surface area contributed by atoms with Crippen LogP contribution in [0.2, 0.25) is 0 Å². The summed E-state index contributed by atoms with van der Waals surface area (Å²) in [5.41, 5.74) is 3.70. The zero-order valence-electron chi connectivity index (χ0n) is 15.5. The van der Waals surface area contributed by atoms with Crippen molar-refractivity contribution < 1.29 is 4.79 Å². The molecule has 0 saturated carbocycles. The molecule has 0 aliphatic carbocycles. The maximum Gasteiger partial charge on any atom is 0.258 e. The highest BCUT2D eigenvalue weighted by atomic mass is 16.2. The molecule has 0 radical (unpaired) electrons. The van der Waals surface area contributed by atoms with Crippen molar-refractivity contribution in [3.05, 3.63) is 115 Å². The summed E-state index contributed by atoms with van der Waals surface area (Å²) in [7, 11) is 0. The predicted octanol–water partition coefficient (Wildman–Crippen LogP) is 4.76. The van der Waals surface area contributed by atoms with Crippen LogP contribution in [0.4, 0.5) is 5.69 Å². The summed E-state index contributed by atoms with van der Waals surface area (Å²) in [6, 6.07) is 29.5. The highest BCUT2D eigenvalue weighted by Gasteiger charge is 2.17. The molecule has 1 amide bonds. The summed E-state index contributed by atoms with van der Waals surface area (Å²) in [5.74, 6) is -0.00542. The third-order valence-electron chi connectivity index (χ3n) is 4.66. The summed E-state index contributed by atoms with van der Waals surface area (Å²) >= 11 is 0. The molecular weight excluding hydrogens is 346 g/mol. The number of hydrogen-bond acceptors (Lipinski definition) is 2. The van der Waals surface area contributed by atoms with Gasteiger partial charge in [-0.25, -0.2) is 4.68 Å². The van der Waals surface area contributed by atoms with Gasteiger partial charge >= 0.3 is 0 Å². The van der Waals surface area contributed by atoms with Crippen molar-refractivity contribution in [1.29, 1.82) is 0 Å². The third kappa shape index (κ3) is 4.01. The van der Waals surface area contributed by atoms with Crippen molar-refractivity contribution in [2.75, 3.05) is 11.4 Å². The van der Waals surface area contributed by atoms with Gasteiger partial charge in [0.2, 0.25) is 0 Å². The molecule has 0 atom stereocenters. The Morgan fingerprint density at radius 3 is 2.14 bits per heavy atom. The van der Waals surface area contributed by atoms with E-state index in [0.717, 1.165) is 17.8 Å². The second-order valence-corrected chi connectivity index (χ2v) is 6.53. The Morgan fingerprint density at radius 2 is 1.50 bits per heavy atom. The fourth-order valence-electron chi connectivity index (χ4n) is 3.18. The maximum atomic E-state index is 13.3. The van der Waals surface area contributed by atoms with Crippen molar-refractivity contribution in [3.63, 3.8) is 0 Å². The molecule has 3 aromatic carbocycles. The van der Waals surface area contributed by atoms with E-state index < -0.39 is 0 Å². The average Bonchev–Trinajstić information content (AvgIpc) is 3.30. The molecular formula is C24H21N3O. The van der Waals surface area contributed by atoms with Crippen LogP contribution in [0.1, 0.15) is 15.9 Å². The number of anilines is 1. The fraction of sp³-hybridized carbons (Fsp3) is 0.0833. The maximum absolute atomic E-state index is 13.3. The summed E-state index contributed by atoms with van der Waals surface area (Å²) in [5, 5.41) is 4.23. The minimum Gasteiger partial charge on any atom is -0.308 e. The fourth-order valence-corrected chi connectivity index (χ4v) is 3.18. The molecule has 0 unspecified atom stereocenters. The number of benzene rings is 3. The summed E-state index contributed by atoms with van der Waals surface area (Å²) in [6.45, 7) is 0.619. The third-order valence-corrected chi connectivity index (χ3v) is 4.66. The van der Waals surface area contributed by atoms with E-state index in [2.05, 4.69) is 17.2 Å². The molecule has 1 aromatic heterocycles. The average molecular weight is 367 g/mol. The van der Waals surface area contributed by atoms with E-state index in [4.69, 9.17) is 0 Å². The molecule has 0 aliphatic heterocycles. The molecule has 1 heterocycles. The lowest BCUT2D eigenvalue weighted by Crippen LogP contribution is -2.33. The molecule has 138 valence electrons. The quantitative estimate of drug-likeness (QED) is 0.493. The Balaban J connectivity index is 1.57. The van der Waals surface area contributed by atoms with Crippen LogP contribution in [-0.4, -0.2) is 22.2 Å². The number of para-hydroxylation sites is 1. The van der Waals surface area contributed by atoms with Gasteiger partial charge in [-0.15, -0.1) is 0 Å². The number of aromatic nitrogens is 2. The van der Waals surface area contributed by atoms with Crippen LogP contribution >= 0.6 is 0 Å². The van der Waals surface area contributed by atoms with Gasteiger partial charge in [-0.2, -0.15) is 5.10 Å². The number of carbonyl (C=O) groups excluding carboxylic acids is 1. The van der Waals surface area contributed by atoms with E-state index in [1.807, 2.05) is 90.0 Å². The van der Waals surface area contributed by atoms with Crippen molar-refractivity contribution in [2.24, 2.45) is 0 Å². The molecule has 28 heavy (non-hydrogen) atoms. The Bertz CT molecular complexity index is 1010. The van der Waals surface area contributed by atoms with Crippen LogP contribution in [0.25, 0.3) is 5.69 Å². The van der Waals surface area contributed by atoms with Crippen molar-refractivity contribution in [3.8, 4) is 5.69 Å². The molecule has 4 nitrogen and oxygen atoms in total. The number of rotatable bonds is 6. The number of carbonyl (C=O) groups is 1. The van der Waals surface area contributed by atoms with Gasteiger partial charge in [-0.3, -0.25) is 4.79 Å². The van der Waals surface area contributed by atoms with Crippen molar-refractivity contribution >= 4 is 11.6 Å². The Morgan fingerprint density at radius 1 is 0.821 bits per heavy atom. The van der Waals surface area contributed by atoms with Crippen LogP contribution in [0, 0.1) is 0 Å². The van der Waals surface area contributed by atoms with E-state index in [1.54, 1.807) is 10.9 Å². The lowest BCUT2D eigenvalue weighted by molar-refractivity contribution is 0.0987.